The first-order chi connectivity index (χ1) is 12.9. The van der Waals surface area contributed by atoms with Crippen molar-refractivity contribution in [1.29, 1.82) is 5.26 Å². The molecule has 27 heavy (non-hydrogen) atoms. The number of nitriles is 1. The van der Waals surface area contributed by atoms with Crippen LogP contribution in [-0.4, -0.2) is 18.5 Å². The van der Waals surface area contributed by atoms with E-state index in [1.54, 1.807) is 42.5 Å². The van der Waals surface area contributed by atoms with Crippen LogP contribution in [0.4, 0.5) is 5.82 Å². The Bertz CT molecular complexity index is 1130. The predicted molar refractivity (Wildman–Crippen MR) is 103 cm³/mol. The van der Waals surface area contributed by atoms with Crippen LogP contribution in [0.15, 0.2) is 78.2 Å². The third-order valence-corrected chi connectivity index (χ3v) is 5.17. The maximum Gasteiger partial charge on any atom is 0.263 e. The molecule has 0 amide bonds. The average molecular weight is 377 g/mol. The summed E-state index contributed by atoms with van der Waals surface area (Å²) in [6, 6.07) is 20.0. The summed E-state index contributed by atoms with van der Waals surface area (Å²) in [5.74, 6) is -0.165. The molecule has 0 unspecified atom stereocenters. The first-order valence-electron chi connectivity index (χ1n) is 7.88. The predicted octanol–water partition coefficient (Wildman–Crippen LogP) is 3.95. The fourth-order valence-corrected chi connectivity index (χ4v) is 3.41. The smallest absolute Gasteiger partial charge is 0.263 e. The van der Waals surface area contributed by atoms with Gasteiger partial charge in [-0.05, 0) is 47.5 Å². The normalized spacial score (nSPS) is 10.8. The summed E-state index contributed by atoms with van der Waals surface area (Å²) in [7, 11) is -3.83. The molecule has 1 aromatic heterocycles. The van der Waals surface area contributed by atoms with Crippen LogP contribution in [0.5, 0.6) is 0 Å². The number of nitrogens with zero attached hydrogens (tertiary/aromatic N) is 2. The molecule has 0 saturated carbocycles. The zero-order valence-corrected chi connectivity index (χ0v) is 14.9. The van der Waals surface area contributed by atoms with Gasteiger partial charge in [-0.2, -0.15) is 5.26 Å². The molecule has 0 aliphatic heterocycles. The maximum atomic E-state index is 12.5. The molecular weight excluding hydrogens is 362 g/mol. The van der Waals surface area contributed by atoms with Crippen LogP contribution >= 0.6 is 0 Å². The molecule has 0 aliphatic carbocycles. The highest BCUT2D eigenvalue weighted by molar-refractivity contribution is 7.92. The van der Waals surface area contributed by atoms with E-state index in [-0.39, 0.29) is 22.2 Å². The van der Waals surface area contributed by atoms with Crippen LogP contribution in [-0.2, 0) is 10.0 Å². The van der Waals surface area contributed by atoms with E-state index in [2.05, 4.69) is 22.4 Å². The zero-order chi connectivity index (χ0) is 19.4. The Kier molecular flexibility index (Phi) is 4.92. The number of benzene rings is 2. The van der Waals surface area contributed by atoms with Crippen LogP contribution in [0.2, 0.25) is 0 Å². The summed E-state index contributed by atoms with van der Waals surface area (Å²) < 4.78 is 27.5. The number of hydrogen-bond donors (Lipinski definition) is 2. The largest absolute Gasteiger partial charge is 0.506 e. The van der Waals surface area contributed by atoms with Gasteiger partial charge in [0.05, 0.1) is 16.5 Å². The number of aromatic nitrogens is 1. The Balaban J connectivity index is 1.84. The van der Waals surface area contributed by atoms with Crippen molar-refractivity contribution < 1.29 is 13.5 Å². The van der Waals surface area contributed by atoms with Crippen molar-refractivity contribution in [2.75, 3.05) is 4.72 Å². The van der Waals surface area contributed by atoms with E-state index in [9.17, 15) is 13.5 Å². The second kappa shape index (κ2) is 7.32. The lowest BCUT2D eigenvalue weighted by atomic mass is 10.0. The molecular formula is C20H15N3O3S. The summed E-state index contributed by atoms with van der Waals surface area (Å²) in [6.45, 7) is 3.37. The van der Waals surface area contributed by atoms with E-state index in [1.807, 2.05) is 0 Å². The molecule has 2 aromatic carbocycles. The number of nitrogens with one attached hydrogen (secondary N) is 1. The first-order valence-corrected chi connectivity index (χ1v) is 9.36. The highest BCUT2D eigenvalue weighted by atomic mass is 32.2. The standard InChI is InChI=1S/C20H15N3O3S/c1-14(24)19-3-2-4-20(22-19)23-27(25,26)18-11-9-17(10-12-18)16-7-5-15(13-21)6-8-16/h2-12,24H,1H2,(H,22,23). The van der Waals surface area contributed by atoms with Crippen LogP contribution in [0.1, 0.15) is 11.3 Å². The van der Waals surface area contributed by atoms with Crippen molar-refractivity contribution in [2.45, 2.75) is 4.90 Å². The SMILES string of the molecule is C=C(O)c1cccc(NS(=O)(=O)c2ccc(-c3ccc(C#N)cc3)cc2)n1. The van der Waals surface area contributed by atoms with Crippen LogP contribution in [0.3, 0.4) is 0 Å². The van der Waals surface area contributed by atoms with Gasteiger partial charge in [-0.25, -0.2) is 13.4 Å². The Morgan fingerprint density at radius 1 is 1.00 bits per heavy atom. The Hall–Kier alpha value is -3.63. The first kappa shape index (κ1) is 18.2. The molecule has 0 spiro atoms. The summed E-state index contributed by atoms with van der Waals surface area (Å²) in [5, 5.41) is 18.2. The number of aliphatic hydroxyl groups excluding tert-OH is 1. The van der Waals surface area contributed by atoms with Crippen molar-refractivity contribution in [2.24, 2.45) is 0 Å². The van der Waals surface area contributed by atoms with Gasteiger partial charge in [0.2, 0.25) is 0 Å². The van der Waals surface area contributed by atoms with Crippen molar-refractivity contribution >= 4 is 21.6 Å². The van der Waals surface area contributed by atoms with Crippen molar-refractivity contribution in [3.63, 3.8) is 0 Å². The van der Waals surface area contributed by atoms with E-state index < -0.39 is 10.0 Å². The van der Waals surface area contributed by atoms with Gasteiger partial charge in [0.1, 0.15) is 17.3 Å². The minimum Gasteiger partial charge on any atom is -0.506 e. The molecule has 0 aliphatic rings. The molecule has 1 heterocycles. The topological polar surface area (TPSA) is 103 Å². The number of hydrogen-bond acceptors (Lipinski definition) is 5. The molecule has 0 fully saturated rings. The Morgan fingerprint density at radius 3 is 2.15 bits per heavy atom. The van der Waals surface area contributed by atoms with Gasteiger partial charge >= 0.3 is 0 Å². The second-order valence-electron chi connectivity index (χ2n) is 5.67. The minimum absolute atomic E-state index is 0.0786. The third-order valence-electron chi connectivity index (χ3n) is 3.80. The van der Waals surface area contributed by atoms with Crippen LogP contribution in [0, 0.1) is 11.3 Å². The highest BCUT2D eigenvalue weighted by Gasteiger charge is 2.15. The molecule has 3 rings (SSSR count). The van der Waals surface area contributed by atoms with E-state index in [1.165, 1.54) is 24.3 Å². The lowest BCUT2D eigenvalue weighted by Crippen LogP contribution is -2.14. The molecule has 3 aromatic rings. The fraction of sp³-hybridized carbons (Fsp3) is 0. The second-order valence-corrected chi connectivity index (χ2v) is 7.36. The maximum absolute atomic E-state index is 12.5. The third kappa shape index (κ3) is 4.14. The molecule has 6 nitrogen and oxygen atoms in total. The van der Waals surface area contributed by atoms with Gasteiger partial charge < -0.3 is 5.11 Å². The van der Waals surface area contributed by atoms with E-state index in [0.29, 0.717) is 5.56 Å². The molecule has 2 N–H and O–H groups in total. The van der Waals surface area contributed by atoms with Gasteiger partial charge in [0.25, 0.3) is 10.0 Å². The van der Waals surface area contributed by atoms with Crippen molar-refractivity contribution in [1.82, 2.24) is 4.98 Å². The monoisotopic (exact) mass is 377 g/mol. The Morgan fingerprint density at radius 2 is 1.59 bits per heavy atom. The van der Waals surface area contributed by atoms with Crippen LogP contribution in [0.25, 0.3) is 16.9 Å². The molecule has 7 heteroatoms. The number of anilines is 1. The highest BCUT2D eigenvalue weighted by Crippen LogP contribution is 2.23. The summed E-state index contributed by atoms with van der Waals surface area (Å²) in [6.07, 6.45) is 0. The quantitative estimate of drug-likeness (QED) is 0.655. The minimum atomic E-state index is -3.83. The van der Waals surface area contributed by atoms with Gasteiger partial charge in [0.15, 0.2) is 0 Å². The van der Waals surface area contributed by atoms with Gasteiger partial charge in [-0.3, -0.25) is 4.72 Å². The van der Waals surface area contributed by atoms with Crippen molar-refractivity contribution in [3.8, 4) is 17.2 Å². The van der Waals surface area contributed by atoms with E-state index in [4.69, 9.17) is 5.26 Å². The molecule has 0 atom stereocenters. The lowest BCUT2D eigenvalue weighted by molar-refractivity contribution is 0.510. The molecule has 134 valence electrons. The van der Waals surface area contributed by atoms with Crippen molar-refractivity contribution in [3.05, 3.63) is 84.6 Å². The summed E-state index contributed by atoms with van der Waals surface area (Å²) >= 11 is 0. The van der Waals surface area contributed by atoms with Gasteiger partial charge in [-0.15, -0.1) is 0 Å². The fourth-order valence-electron chi connectivity index (χ4n) is 2.41. The summed E-state index contributed by atoms with van der Waals surface area (Å²) in [5.41, 5.74) is 2.45. The zero-order valence-electron chi connectivity index (χ0n) is 14.1. The van der Waals surface area contributed by atoms with Gasteiger partial charge in [0, 0.05) is 0 Å². The number of aliphatic hydroxyl groups is 1. The number of pyridine rings is 1. The lowest BCUT2D eigenvalue weighted by Gasteiger charge is -2.09. The Labute approximate surface area is 157 Å². The number of sulfonamides is 1. The van der Waals surface area contributed by atoms with Gasteiger partial charge in [-0.1, -0.05) is 36.9 Å². The molecule has 0 saturated heterocycles. The molecule has 0 radical (unpaired) electrons. The number of rotatable bonds is 5. The van der Waals surface area contributed by atoms with E-state index >= 15 is 0 Å². The van der Waals surface area contributed by atoms with E-state index in [0.717, 1.165) is 11.1 Å². The average Bonchev–Trinajstić information content (AvgIpc) is 2.68. The molecule has 0 bridgehead atoms. The van der Waals surface area contributed by atoms with Crippen LogP contribution < -0.4 is 4.72 Å². The summed E-state index contributed by atoms with van der Waals surface area (Å²) in [4.78, 5) is 4.08.